The highest BCUT2D eigenvalue weighted by Crippen LogP contribution is 2.37. The van der Waals surface area contributed by atoms with Gasteiger partial charge in [0.2, 0.25) is 0 Å². The Labute approximate surface area is 158 Å². The van der Waals surface area contributed by atoms with Crippen LogP contribution in [0, 0.1) is 13.8 Å². The Hall–Kier alpha value is -2.32. The third kappa shape index (κ3) is 4.08. The van der Waals surface area contributed by atoms with Crippen LogP contribution in [-0.4, -0.2) is 27.8 Å². The van der Waals surface area contributed by atoms with Crippen molar-refractivity contribution in [2.24, 2.45) is 0 Å². The molecule has 0 unspecified atom stereocenters. The van der Waals surface area contributed by atoms with E-state index in [-0.39, 0.29) is 12.8 Å². The lowest BCUT2D eigenvalue weighted by molar-refractivity contribution is -0.172. The second-order valence-electron chi connectivity index (χ2n) is 5.71. The van der Waals surface area contributed by atoms with E-state index in [1.807, 2.05) is 31.2 Å². The van der Waals surface area contributed by atoms with Crippen molar-refractivity contribution in [3.63, 3.8) is 0 Å². The van der Waals surface area contributed by atoms with Gasteiger partial charge >= 0.3 is 5.97 Å². The zero-order valence-electron chi connectivity index (χ0n) is 14.2. The van der Waals surface area contributed by atoms with Crippen LogP contribution in [0.15, 0.2) is 46.5 Å². The van der Waals surface area contributed by atoms with Gasteiger partial charge in [0.1, 0.15) is 5.03 Å². The third-order valence-electron chi connectivity index (χ3n) is 3.90. The van der Waals surface area contributed by atoms with Crippen molar-refractivity contribution in [2.75, 3.05) is 0 Å². The van der Waals surface area contributed by atoms with Gasteiger partial charge in [0.05, 0.1) is 5.56 Å². The fraction of sp³-hybridized carbons (Fsp3) is 0.222. The highest BCUT2D eigenvalue weighted by molar-refractivity contribution is 8.76. The van der Waals surface area contributed by atoms with E-state index < -0.39 is 17.8 Å². The Morgan fingerprint density at radius 3 is 2.50 bits per heavy atom. The Morgan fingerprint density at radius 2 is 1.85 bits per heavy atom. The fourth-order valence-corrected chi connectivity index (χ4v) is 4.30. The van der Waals surface area contributed by atoms with Crippen molar-refractivity contribution in [1.82, 2.24) is 10.0 Å². The normalized spacial score (nSPS) is 14.0. The van der Waals surface area contributed by atoms with Gasteiger partial charge in [0.15, 0.2) is 0 Å². The van der Waals surface area contributed by atoms with E-state index in [1.165, 1.54) is 21.6 Å². The fourth-order valence-electron chi connectivity index (χ4n) is 2.36. The molecule has 8 heteroatoms. The molecule has 2 amide bonds. The standard InChI is InChI=1S/C18H16N2O4S2/c1-11-9-13(25-26-15-5-3-4-8-19-15)10-14(12(11)2)18(23)24-20-16(21)6-7-17(20)22/h3-5,8-10H,6-7H2,1-2H3. The molecule has 1 saturated heterocycles. The summed E-state index contributed by atoms with van der Waals surface area (Å²) < 4.78 is 0. The Balaban J connectivity index is 1.78. The number of carbonyl (C=O) groups excluding carboxylic acids is 3. The van der Waals surface area contributed by atoms with Crippen molar-refractivity contribution in [3.8, 4) is 0 Å². The van der Waals surface area contributed by atoms with Gasteiger partial charge < -0.3 is 4.84 Å². The molecule has 1 aliphatic heterocycles. The highest BCUT2D eigenvalue weighted by atomic mass is 33.1. The third-order valence-corrected chi connectivity index (χ3v) is 6.17. The van der Waals surface area contributed by atoms with Gasteiger partial charge in [-0.15, -0.1) is 5.06 Å². The number of imide groups is 1. The average molecular weight is 388 g/mol. The number of hydrogen-bond donors (Lipinski definition) is 0. The summed E-state index contributed by atoms with van der Waals surface area (Å²) in [6, 6.07) is 9.33. The minimum Gasteiger partial charge on any atom is -0.325 e. The number of pyridine rings is 1. The summed E-state index contributed by atoms with van der Waals surface area (Å²) in [7, 11) is 2.95. The smallest absolute Gasteiger partial charge is 0.325 e. The Kier molecular flexibility index (Phi) is 5.63. The van der Waals surface area contributed by atoms with E-state index in [4.69, 9.17) is 4.84 Å². The number of nitrogens with zero attached hydrogens (tertiary/aromatic N) is 2. The Morgan fingerprint density at radius 1 is 1.12 bits per heavy atom. The van der Waals surface area contributed by atoms with E-state index in [1.54, 1.807) is 19.2 Å². The maximum atomic E-state index is 12.5. The van der Waals surface area contributed by atoms with Crippen LogP contribution in [-0.2, 0) is 14.4 Å². The molecular formula is C18H16N2O4S2. The molecule has 1 aromatic carbocycles. The molecule has 1 aromatic heterocycles. The molecule has 0 N–H and O–H groups in total. The van der Waals surface area contributed by atoms with Crippen molar-refractivity contribution < 1.29 is 19.2 Å². The number of carbonyl (C=O) groups is 3. The lowest BCUT2D eigenvalue weighted by atomic mass is 10.0. The molecule has 0 saturated carbocycles. The summed E-state index contributed by atoms with van der Waals surface area (Å²) in [6.07, 6.45) is 1.86. The number of hydrogen-bond acceptors (Lipinski definition) is 7. The van der Waals surface area contributed by atoms with E-state index in [0.29, 0.717) is 10.6 Å². The molecule has 1 aliphatic rings. The number of aromatic nitrogens is 1. The molecular weight excluding hydrogens is 372 g/mol. The maximum Gasteiger partial charge on any atom is 0.364 e. The largest absolute Gasteiger partial charge is 0.364 e. The number of benzene rings is 1. The van der Waals surface area contributed by atoms with Gasteiger partial charge in [0, 0.05) is 23.9 Å². The molecule has 2 aromatic rings. The quantitative estimate of drug-likeness (QED) is 0.571. The van der Waals surface area contributed by atoms with Crippen LogP contribution in [0.25, 0.3) is 0 Å². The minimum atomic E-state index is -0.709. The summed E-state index contributed by atoms with van der Waals surface area (Å²) in [5, 5.41) is 1.42. The zero-order valence-corrected chi connectivity index (χ0v) is 15.9. The molecule has 3 rings (SSSR count). The van der Waals surface area contributed by atoms with Crippen LogP contribution in [0.4, 0.5) is 0 Å². The summed E-state index contributed by atoms with van der Waals surface area (Å²) in [4.78, 5) is 45.9. The van der Waals surface area contributed by atoms with Crippen LogP contribution in [0.2, 0.25) is 0 Å². The van der Waals surface area contributed by atoms with E-state index >= 15 is 0 Å². The molecule has 0 bridgehead atoms. The Bertz CT molecular complexity index is 855. The second-order valence-corrected chi connectivity index (χ2v) is 7.93. The van der Waals surface area contributed by atoms with Crippen molar-refractivity contribution >= 4 is 39.4 Å². The van der Waals surface area contributed by atoms with Crippen LogP contribution in [0.5, 0.6) is 0 Å². The van der Waals surface area contributed by atoms with E-state index in [2.05, 4.69) is 4.98 Å². The number of aryl methyl sites for hydroxylation is 1. The van der Waals surface area contributed by atoms with E-state index in [0.717, 1.165) is 21.0 Å². The van der Waals surface area contributed by atoms with Crippen molar-refractivity contribution in [2.45, 2.75) is 36.6 Å². The van der Waals surface area contributed by atoms with Gasteiger partial charge in [0.25, 0.3) is 11.8 Å². The molecule has 0 aliphatic carbocycles. The SMILES string of the molecule is Cc1cc(SSc2ccccn2)cc(C(=O)ON2C(=O)CCC2=O)c1C. The second kappa shape index (κ2) is 7.92. The van der Waals surface area contributed by atoms with Crippen molar-refractivity contribution in [1.29, 1.82) is 0 Å². The first-order chi connectivity index (χ1) is 12.5. The van der Waals surface area contributed by atoms with Gasteiger partial charge in [-0.05, 0) is 60.0 Å². The predicted molar refractivity (Wildman–Crippen MR) is 98.4 cm³/mol. The van der Waals surface area contributed by atoms with Crippen LogP contribution < -0.4 is 0 Å². The molecule has 0 atom stereocenters. The molecule has 2 heterocycles. The maximum absolute atomic E-state index is 12.5. The minimum absolute atomic E-state index is 0.0702. The van der Waals surface area contributed by atoms with Gasteiger partial charge in [-0.1, -0.05) is 16.9 Å². The predicted octanol–water partition coefficient (Wildman–Crippen LogP) is 3.72. The highest BCUT2D eigenvalue weighted by Gasteiger charge is 2.33. The molecule has 26 heavy (non-hydrogen) atoms. The summed E-state index contributed by atoms with van der Waals surface area (Å²) in [5.74, 6) is -1.69. The molecule has 1 fully saturated rings. The number of amides is 2. The van der Waals surface area contributed by atoms with Gasteiger partial charge in [-0.25, -0.2) is 9.78 Å². The van der Waals surface area contributed by atoms with Gasteiger partial charge in [-0.3, -0.25) is 9.59 Å². The average Bonchev–Trinajstić information content (AvgIpc) is 2.95. The topological polar surface area (TPSA) is 76.6 Å². The van der Waals surface area contributed by atoms with Gasteiger partial charge in [-0.2, -0.15) is 0 Å². The zero-order chi connectivity index (χ0) is 18.7. The number of hydroxylamine groups is 2. The van der Waals surface area contributed by atoms with Crippen molar-refractivity contribution in [3.05, 3.63) is 53.2 Å². The lowest BCUT2D eigenvalue weighted by Gasteiger charge is -2.15. The molecule has 6 nitrogen and oxygen atoms in total. The summed E-state index contributed by atoms with van der Waals surface area (Å²) >= 11 is 0. The molecule has 134 valence electrons. The van der Waals surface area contributed by atoms with Crippen LogP contribution >= 0.6 is 21.6 Å². The first-order valence-electron chi connectivity index (χ1n) is 7.90. The lowest BCUT2D eigenvalue weighted by Crippen LogP contribution is -2.32. The van der Waals surface area contributed by atoms with Crippen LogP contribution in [0.3, 0.4) is 0 Å². The monoisotopic (exact) mass is 388 g/mol. The number of rotatable bonds is 5. The first kappa shape index (κ1) is 18.5. The molecule has 0 spiro atoms. The summed E-state index contributed by atoms with van der Waals surface area (Å²) in [5.41, 5.74) is 2.01. The first-order valence-corrected chi connectivity index (χ1v) is 10.1. The summed E-state index contributed by atoms with van der Waals surface area (Å²) in [6.45, 7) is 3.70. The van der Waals surface area contributed by atoms with Crippen LogP contribution in [0.1, 0.15) is 34.3 Å². The molecule has 0 radical (unpaired) electrons. The van der Waals surface area contributed by atoms with E-state index in [9.17, 15) is 14.4 Å².